The van der Waals surface area contributed by atoms with Crippen LogP contribution in [-0.2, 0) is 18.9 Å². The third-order valence-corrected chi connectivity index (χ3v) is 4.89. The number of hydrogen-bond donors (Lipinski definition) is 0. The zero-order valence-corrected chi connectivity index (χ0v) is 23.1. The topological polar surface area (TPSA) is 105 Å². The molecular weight excluding hydrogens is 488 g/mol. The molecule has 2 aromatic rings. The van der Waals surface area contributed by atoms with Crippen molar-refractivity contribution in [1.82, 2.24) is 0 Å². The fourth-order valence-electron chi connectivity index (χ4n) is 2.93. The van der Waals surface area contributed by atoms with Gasteiger partial charge in [-0.15, -0.1) is 0 Å². The summed E-state index contributed by atoms with van der Waals surface area (Å²) in [5, 5.41) is 0. The summed E-state index contributed by atoms with van der Waals surface area (Å²) in [5.74, 6) is -1.68. The molecule has 0 heterocycles. The zero-order valence-electron chi connectivity index (χ0n) is 23.1. The number of hydrogen-bond acceptors (Lipinski definition) is 8. The molecule has 208 valence electrons. The van der Waals surface area contributed by atoms with Crippen LogP contribution in [0.15, 0.2) is 48.5 Å². The Hall–Kier alpha value is -3.68. The summed E-state index contributed by atoms with van der Waals surface area (Å²) in [7, 11) is 0. The summed E-state index contributed by atoms with van der Waals surface area (Å²) in [6.07, 6.45) is 3.25. The first-order chi connectivity index (χ1) is 18.3. The first kappa shape index (κ1) is 32.3. The second-order valence-electron chi connectivity index (χ2n) is 8.84. The molecule has 0 aliphatic heterocycles. The van der Waals surface area contributed by atoms with Crippen molar-refractivity contribution in [3.05, 3.63) is 70.8 Å². The zero-order chi connectivity index (χ0) is 28.3. The van der Waals surface area contributed by atoms with Gasteiger partial charge < -0.3 is 18.9 Å². The predicted octanol–water partition coefficient (Wildman–Crippen LogP) is 6.28. The van der Waals surface area contributed by atoms with Gasteiger partial charge in [-0.2, -0.15) is 0 Å². The highest BCUT2D eigenvalue weighted by molar-refractivity contribution is 6.03. The molecule has 2 aromatic carbocycles. The van der Waals surface area contributed by atoms with Crippen LogP contribution in [0.1, 0.15) is 102 Å². The van der Waals surface area contributed by atoms with Crippen LogP contribution in [0, 0.1) is 5.92 Å². The van der Waals surface area contributed by atoms with Gasteiger partial charge in [0.1, 0.15) is 0 Å². The number of ether oxygens (including phenoxy) is 4. The van der Waals surface area contributed by atoms with Crippen molar-refractivity contribution in [3.63, 3.8) is 0 Å². The third kappa shape index (κ3) is 11.6. The van der Waals surface area contributed by atoms with Crippen LogP contribution in [0.4, 0.5) is 0 Å². The molecule has 2 rings (SSSR count). The minimum absolute atomic E-state index is 0.253. The Bertz CT molecular complexity index is 1030. The molecule has 8 nitrogen and oxygen atoms in total. The fraction of sp³-hybridized carbons (Fsp3) is 0.467. The van der Waals surface area contributed by atoms with Crippen molar-refractivity contribution >= 4 is 23.9 Å². The molecule has 0 aromatic heterocycles. The summed E-state index contributed by atoms with van der Waals surface area (Å²) in [6, 6.07) is 13.1. The first-order valence-electron chi connectivity index (χ1n) is 13.1. The van der Waals surface area contributed by atoms with Crippen molar-refractivity contribution < 1.29 is 38.1 Å². The second kappa shape index (κ2) is 18.5. The van der Waals surface area contributed by atoms with E-state index >= 15 is 0 Å². The molecule has 0 fully saturated rings. The van der Waals surface area contributed by atoms with Crippen LogP contribution in [0.3, 0.4) is 0 Å². The highest BCUT2D eigenvalue weighted by Gasteiger charge is 2.19. The maximum Gasteiger partial charge on any atom is 0.339 e. The van der Waals surface area contributed by atoms with Gasteiger partial charge in [0.2, 0.25) is 0 Å². The van der Waals surface area contributed by atoms with Gasteiger partial charge in [-0.3, -0.25) is 0 Å². The van der Waals surface area contributed by atoms with E-state index in [4.69, 9.17) is 18.9 Å². The Morgan fingerprint density at radius 3 is 1.21 bits per heavy atom. The molecule has 0 saturated heterocycles. The van der Waals surface area contributed by atoms with Crippen LogP contribution in [0.2, 0.25) is 0 Å². The van der Waals surface area contributed by atoms with Crippen molar-refractivity contribution in [1.29, 1.82) is 0 Å². The molecule has 0 spiro atoms. The van der Waals surface area contributed by atoms with Crippen LogP contribution < -0.4 is 0 Å². The van der Waals surface area contributed by atoms with Gasteiger partial charge in [0.25, 0.3) is 0 Å². The second-order valence-corrected chi connectivity index (χ2v) is 8.84. The van der Waals surface area contributed by atoms with Crippen LogP contribution in [0.25, 0.3) is 0 Å². The normalized spacial score (nSPS) is 10.2. The standard InChI is InChI=1S/2C15H20O4/c1-4-9-18-14(16)12-7-5-6-8-13(12)15(17)19-10-11(2)3;1-3-5-11-19-15(17)13-9-7-6-8-12(13)14(16)18-10-4-2/h5-8,11H,4,9-10H2,1-3H3;6-9H,3-5,10-11H2,1-2H3. The molecule has 8 heteroatoms. The van der Waals surface area contributed by atoms with Crippen LogP contribution >= 0.6 is 0 Å². The predicted molar refractivity (Wildman–Crippen MR) is 144 cm³/mol. The number of unbranched alkanes of at least 4 members (excludes halogenated alkanes) is 1. The number of carbonyl (C=O) groups is 4. The molecule has 0 aliphatic rings. The van der Waals surface area contributed by atoms with E-state index in [-0.39, 0.29) is 28.2 Å². The van der Waals surface area contributed by atoms with Gasteiger partial charge in [0, 0.05) is 0 Å². The van der Waals surface area contributed by atoms with E-state index < -0.39 is 23.9 Å². The van der Waals surface area contributed by atoms with E-state index in [0.29, 0.717) is 26.4 Å². The molecular formula is C30H40O8. The van der Waals surface area contributed by atoms with Gasteiger partial charge in [-0.25, -0.2) is 19.2 Å². The lowest BCUT2D eigenvalue weighted by Crippen LogP contribution is -2.16. The summed E-state index contributed by atoms with van der Waals surface area (Å²) in [6.45, 7) is 11.1. The Balaban J connectivity index is 0.000000380. The van der Waals surface area contributed by atoms with Crippen LogP contribution in [-0.4, -0.2) is 50.3 Å². The van der Waals surface area contributed by atoms with Crippen molar-refractivity contribution in [2.24, 2.45) is 5.92 Å². The maximum absolute atomic E-state index is 11.9. The van der Waals surface area contributed by atoms with E-state index in [0.717, 1.165) is 25.7 Å². The Labute approximate surface area is 225 Å². The molecule has 0 radical (unpaired) electrons. The van der Waals surface area contributed by atoms with Crippen molar-refractivity contribution in [2.45, 2.75) is 60.3 Å². The van der Waals surface area contributed by atoms with Gasteiger partial charge in [-0.05, 0) is 49.4 Å². The largest absolute Gasteiger partial charge is 0.462 e. The quantitative estimate of drug-likeness (QED) is 0.170. The lowest BCUT2D eigenvalue weighted by Gasteiger charge is -2.10. The molecule has 38 heavy (non-hydrogen) atoms. The van der Waals surface area contributed by atoms with E-state index in [1.54, 1.807) is 48.5 Å². The molecule has 0 bridgehead atoms. The summed E-state index contributed by atoms with van der Waals surface area (Å²) in [5.41, 5.74) is 1.03. The van der Waals surface area contributed by atoms with E-state index in [1.807, 2.05) is 34.6 Å². The number of esters is 4. The maximum atomic E-state index is 11.9. The number of rotatable bonds is 13. The third-order valence-electron chi connectivity index (χ3n) is 4.89. The molecule has 0 unspecified atom stereocenters. The average Bonchev–Trinajstić information content (AvgIpc) is 2.93. The Morgan fingerprint density at radius 1 is 0.553 bits per heavy atom. The van der Waals surface area contributed by atoms with Gasteiger partial charge >= 0.3 is 23.9 Å². The highest BCUT2D eigenvalue weighted by atomic mass is 16.5. The van der Waals surface area contributed by atoms with Crippen LogP contribution in [0.5, 0.6) is 0 Å². The molecule has 0 amide bonds. The Kier molecular flexibility index (Phi) is 15.8. The summed E-state index contributed by atoms with van der Waals surface area (Å²) in [4.78, 5) is 47.5. The van der Waals surface area contributed by atoms with Gasteiger partial charge in [0.15, 0.2) is 0 Å². The smallest absolute Gasteiger partial charge is 0.339 e. The minimum atomic E-state index is -0.488. The number of carbonyl (C=O) groups excluding carboxylic acids is 4. The van der Waals surface area contributed by atoms with Gasteiger partial charge in [0.05, 0.1) is 48.7 Å². The lowest BCUT2D eigenvalue weighted by molar-refractivity contribution is 0.0429. The molecule has 0 N–H and O–H groups in total. The SMILES string of the molecule is CCCCOC(=O)c1ccccc1C(=O)OCCC.CCCOC(=O)c1ccccc1C(=O)OCC(C)C. The van der Waals surface area contributed by atoms with E-state index in [2.05, 4.69) is 0 Å². The number of benzene rings is 2. The molecule has 0 aliphatic carbocycles. The van der Waals surface area contributed by atoms with E-state index in [9.17, 15) is 19.2 Å². The summed E-state index contributed by atoms with van der Waals surface area (Å²) < 4.78 is 20.3. The minimum Gasteiger partial charge on any atom is -0.462 e. The molecule has 0 atom stereocenters. The monoisotopic (exact) mass is 528 g/mol. The average molecular weight is 529 g/mol. The van der Waals surface area contributed by atoms with E-state index in [1.165, 1.54) is 0 Å². The highest BCUT2D eigenvalue weighted by Crippen LogP contribution is 2.14. The van der Waals surface area contributed by atoms with Crippen molar-refractivity contribution in [2.75, 3.05) is 26.4 Å². The first-order valence-corrected chi connectivity index (χ1v) is 13.1. The van der Waals surface area contributed by atoms with Crippen molar-refractivity contribution in [3.8, 4) is 0 Å². The van der Waals surface area contributed by atoms with Gasteiger partial charge in [-0.1, -0.05) is 65.3 Å². The Morgan fingerprint density at radius 2 is 0.895 bits per heavy atom. The molecule has 0 saturated carbocycles. The fourth-order valence-corrected chi connectivity index (χ4v) is 2.93. The summed E-state index contributed by atoms with van der Waals surface area (Å²) >= 11 is 0. The lowest BCUT2D eigenvalue weighted by atomic mass is 10.1.